The number of rotatable bonds is 13. The van der Waals surface area contributed by atoms with Crippen molar-refractivity contribution in [2.75, 3.05) is 34.0 Å². The van der Waals surface area contributed by atoms with Crippen LogP contribution in [0.5, 0.6) is 23.0 Å². The minimum atomic E-state index is -0.906. The summed E-state index contributed by atoms with van der Waals surface area (Å²) in [5.41, 5.74) is 3.50. The number of methoxy groups -OCH3 is 2. The number of allylic oxidation sites excluding steroid dienone is 1. The van der Waals surface area contributed by atoms with Crippen molar-refractivity contribution in [3.8, 4) is 23.0 Å². The number of benzene rings is 3. The van der Waals surface area contributed by atoms with Crippen LogP contribution in [0, 0.1) is 6.92 Å². The minimum absolute atomic E-state index is 0.130. The number of fused-ring (bicyclic) bond motifs is 1. The number of hydrogen-bond donors (Lipinski definition) is 0. The molecule has 13 heteroatoms. The van der Waals surface area contributed by atoms with E-state index in [9.17, 15) is 14.4 Å². The van der Waals surface area contributed by atoms with E-state index in [4.69, 9.17) is 35.3 Å². The summed E-state index contributed by atoms with van der Waals surface area (Å²) in [6.07, 6.45) is 1.69. The van der Waals surface area contributed by atoms with Gasteiger partial charge >= 0.3 is 11.9 Å². The maximum Gasteiger partial charge on any atom is 0.343 e. The highest BCUT2D eigenvalue weighted by molar-refractivity contribution is 7.07. The zero-order valence-electron chi connectivity index (χ0n) is 28.5. The van der Waals surface area contributed by atoms with Crippen molar-refractivity contribution >= 4 is 41.0 Å². The van der Waals surface area contributed by atoms with Crippen LogP contribution in [0.2, 0.25) is 5.02 Å². The minimum Gasteiger partial charge on any atom is -0.493 e. The molecule has 50 heavy (non-hydrogen) atoms. The molecule has 0 amide bonds. The first-order chi connectivity index (χ1) is 24.1. The maximum atomic E-state index is 14.2. The molecule has 1 atom stereocenters. The van der Waals surface area contributed by atoms with Crippen molar-refractivity contribution in [1.29, 1.82) is 0 Å². The lowest BCUT2D eigenvalue weighted by molar-refractivity contribution is -0.143. The predicted octanol–water partition coefficient (Wildman–Crippen LogP) is 5.30. The summed E-state index contributed by atoms with van der Waals surface area (Å²) < 4.78 is 35.1. The highest BCUT2D eigenvalue weighted by Gasteiger charge is 2.34. The van der Waals surface area contributed by atoms with Crippen LogP contribution >= 0.6 is 22.9 Å². The maximum absolute atomic E-state index is 14.2. The number of nitrogens with zero attached hydrogens (tertiary/aromatic N) is 2. The van der Waals surface area contributed by atoms with Crippen molar-refractivity contribution in [3.63, 3.8) is 0 Å². The highest BCUT2D eigenvalue weighted by Crippen LogP contribution is 2.38. The van der Waals surface area contributed by atoms with Gasteiger partial charge in [-0.3, -0.25) is 9.36 Å². The quantitative estimate of drug-likeness (QED) is 0.169. The third-order valence-electron chi connectivity index (χ3n) is 7.73. The van der Waals surface area contributed by atoms with E-state index in [1.54, 1.807) is 57.2 Å². The van der Waals surface area contributed by atoms with Gasteiger partial charge < -0.3 is 28.4 Å². The van der Waals surface area contributed by atoms with Gasteiger partial charge in [-0.1, -0.05) is 58.8 Å². The molecule has 5 rings (SSSR count). The summed E-state index contributed by atoms with van der Waals surface area (Å²) in [5.74, 6) is 0.237. The topological polar surface area (TPSA) is 124 Å². The third-order valence-corrected chi connectivity index (χ3v) is 8.99. The number of carbonyl (C=O) groups is 2. The smallest absolute Gasteiger partial charge is 0.343 e. The second kappa shape index (κ2) is 16.1. The first kappa shape index (κ1) is 36.2. The van der Waals surface area contributed by atoms with Gasteiger partial charge in [0.15, 0.2) is 34.4 Å². The average Bonchev–Trinajstić information content (AvgIpc) is 3.40. The fourth-order valence-corrected chi connectivity index (χ4v) is 6.66. The summed E-state index contributed by atoms with van der Waals surface area (Å²) in [6, 6.07) is 15.5. The monoisotopic (exact) mass is 720 g/mol. The van der Waals surface area contributed by atoms with Gasteiger partial charge in [0.1, 0.15) is 6.61 Å². The zero-order chi connectivity index (χ0) is 35.9. The van der Waals surface area contributed by atoms with Crippen LogP contribution in [0.25, 0.3) is 6.08 Å². The predicted molar refractivity (Wildman–Crippen MR) is 189 cm³/mol. The second-order valence-corrected chi connectivity index (χ2v) is 12.5. The summed E-state index contributed by atoms with van der Waals surface area (Å²) in [6.45, 7) is 7.62. The molecule has 2 heterocycles. The van der Waals surface area contributed by atoms with E-state index < -0.39 is 18.0 Å². The third kappa shape index (κ3) is 7.87. The molecule has 0 saturated heterocycles. The number of aryl methyl sites for hydroxylation is 1. The molecule has 0 bridgehead atoms. The highest BCUT2D eigenvalue weighted by atomic mass is 35.5. The number of hydrogen-bond acceptors (Lipinski definition) is 11. The summed E-state index contributed by atoms with van der Waals surface area (Å²) in [5, 5.41) is 0.312. The fourth-order valence-electron chi connectivity index (χ4n) is 5.34. The van der Waals surface area contributed by atoms with E-state index >= 15 is 0 Å². The van der Waals surface area contributed by atoms with Gasteiger partial charge in [0.05, 0.1) is 54.3 Å². The number of aromatic nitrogens is 1. The molecule has 1 aliphatic heterocycles. The Morgan fingerprint density at radius 3 is 2.38 bits per heavy atom. The lowest BCUT2D eigenvalue weighted by atomic mass is 9.95. The van der Waals surface area contributed by atoms with Crippen molar-refractivity contribution in [3.05, 3.63) is 113 Å². The largest absolute Gasteiger partial charge is 0.493 e. The van der Waals surface area contributed by atoms with E-state index in [0.717, 1.165) is 11.1 Å². The standard InChI is InChI=1S/C37H37ClN2O9S/c1-7-46-28-18-25(13-14-27(28)48-20-31(41)45-6)33-32(36(43)47-8-2)22(4)39-37-40(33)35(42)30(50-37)17-24-15-26(38)34(29(16-24)44-5)49-19-23-11-9-21(3)10-12-23/h9-18,33H,7-8,19-20H2,1-6H3/b30-17-/t33-/m0/s1. The van der Waals surface area contributed by atoms with Crippen LogP contribution in [0.1, 0.15) is 49.1 Å². The molecule has 0 aliphatic carbocycles. The number of halogens is 1. The number of thiazole rings is 1. The van der Waals surface area contributed by atoms with Crippen LogP contribution in [0.15, 0.2) is 75.7 Å². The molecule has 3 aromatic carbocycles. The lowest BCUT2D eigenvalue weighted by Gasteiger charge is -2.25. The first-order valence-corrected chi connectivity index (χ1v) is 17.0. The first-order valence-electron chi connectivity index (χ1n) is 15.8. The Bertz CT molecular complexity index is 2120. The van der Waals surface area contributed by atoms with Crippen LogP contribution in [0.3, 0.4) is 0 Å². The Morgan fingerprint density at radius 1 is 0.940 bits per heavy atom. The van der Waals surface area contributed by atoms with Crippen LogP contribution < -0.4 is 33.8 Å². The molecular formula is C37H37ClN2O9S. The van der Waals surface area contributed by atoms with Gasteiger partial charge in [0.2, 0.25) is 0 Å². The van der Waals surface area contributed by atoms with Crippen molar-refractivity contribution in [1.82, 2.24) is 4.57 Å². The number of ether oxygens (including phenoxy) is 6. The van der Waals surface area contributed by atoms with E-state index in [-0.39, 0.29) is 24.3 Å². The molecule has 0 radical (unpaired) electrons. The molecule has 0 fully saturated rings. The molecule has 11 nitrogen and oxygen atoms in total. The molecule has 0 N–H and O–H groups in total. The molecule has 4 aromatic rings. The van der Waals surface area contributed by atoms with E-state index in [1.165, 1.54) is 30.1 Å². The van der Waals surface area contributed by atoms with E-state index in [2.05, 4.69) is 9.73 Å². The molecule has 0 spiro atoms. The molecule has 1 aliphatic rings. The Balaban J connectivity index is 1.58. The Kier molecular flexibility index (Phi) is 11.7. The fraction of sp³-hybridized carbons (Fsp3) is 0.297. The summed E-state index contributed by atoms with van der Waals surface area (Å²) >= 11 is 7.86. The van der Waals surface area contributed by atoms with Crippen molar-refractivity contribution < 1.29 is 38.0 Å². The van der Waals surface area contributed by atoms with Crippen LogP contribution in [-0.4, -0.2) is 50.5 Å². The van der Waals surface area contributed by atoms with E-state index in [0.29, 0.717) is 67.4 Å². The number of carbonyl (C=O) groups excluding carboxylic acids is 2. The van der Waals surface area contributed by atoms with Gasteiger partial charge in [0, 0.05) is 0 Å². The second-order valence-electron chi connectivity index (χ2n) is 11.1. The van der Waals surface area contributed by atoms with Gasteiger partial charge in [-0.25, -0.2) is 14.6 Å². The molecule has 0 saturated carbocycles. The molecule has 0 unspecified atom stereocenters. The van der Waals surface area contributed by atoms with E-state index in [1.807, 2.05) is 31.2 Å². The molecular weight excluding hydrogens is 684 g/mol. The Labute approximate surface area is 297 Å². The Morgan fingerprint density at radius 2 is 1.70 bits per heavy atom. The van der Waals surface area contributed by atoms with Gasteiger partial charge in [-0.15, -0.1) is 0 Å². The van der Waals surface area contributed by atoms with Crippen molar-refractivity contribution in [2.45, 2.75) is 40.3 Å². The summed E-state index contributed by atoms with van der Waals surface area (Å²) in [7, 11) is 2.78. The summed E-state index contributed by atoms with van der Waals surface area (Å²) in [4.78, 5) is 44.4. The SMILES string of the molecule is CCOC(=O)C1=C(C)N=c2s/c(=C\c3cc(Cl)c(OCc4ccc(C)cc4)c(OC)c3)c(=O)n2[C@H]1c1ccc(OCC(=O)OC)c(OCC)c1. The van der Waals surface area contributed by atoms with Gasteiger partial charge in [-0.05, 0) is 74.7 Å². The number of esters is 2. The van der Waals surface area contributed by atoms with Crippen molar-refractivity contribution in [2.24, 2.45) is 4.99 Å². The Hall–Kier alpha value is -5.07. The average molecular weight is 721 g/mol. The molecule has 262 valence electrons. The lowest BCUT2D eigenvalue weighted by Crippen LogP contribution is -2.40. The zero-order valence-corrected chi connectivity index (χ0v) is 30.1. The van der Waals surface area contributed by atoms with Crippen LogP contribution in [0.4, 0.5) is 0 Å². The normalized spacial score (nSPS) is 14.1. The van der Waals surface area contributed by atoms with Gasteiger partial charge in [0.25, 0.3) is 5.56 Å². The van der Waals surface area contributed by atoms with Gasteiger partial charge in [-0.2, -0.15) is 0 Å². The van der Waals surface area contributed by atoms with Crippen LogP contribution in [-0.2, 0) is 25.7 Å². The molecule has 1 aromatic heterocycles.